The highest BCUT2D eigenvalue weighted by Crippen LogP contribution is 2.39. The monoisotopic (exact) mass is 561 g/mol. The van der Waals surface area contributed by atoms with Crippen molar-refractivity contribution in [2.45, 2.75) is 45.5 Å². The van der Waals surface area contributed by atoms with E-state index in [1.807, 2.05) is 0 Å². The Labute approximate surface area is 218 Å². The molecule has 13 heteroatoms. The topological polar surface area (TPSA) is 84.9 Å². The van der Waals surface area contributed by atoms with Gasteiger partial charge in [-0.3, -0.25) is 9.78 Å². The van der Waals surface area contributed by atoms with Crippen LogP contribution in [0.3, 0.4) is 0 Å². The van der Waals surface area contributed by atoms with Crippen LogP contribution in [0.15, 0.2) is 47.3 Å². The van der Waals surface area contributed by atoms with Crippen molar-refractivity contribution in [2.75, 3.05) is 6.61 Å². The summed E-state index contributed by atoms with van der Waals surface area (Å²) in [7, 11) is 0. The minimum atomic E-state index is -4.68. The molecule has 0 saturated heterocycles. The summed E-state index contributed by atoms with van der Waals surface area (Å²) in [6.45, 7) is 1.11. The fourth-order valence-electron chi connectivity index (χ4n) is 3.26. The molecule has 204 valence electrons. The lowest BCUT2D eigenvalue weighted by atomic mass is 9.84. The van der Waals surface area contributed by atoms with Gasteiger partial charge in [-0.15, -0.1) is 0 Å². The summed E-state index contributed by atoms with van der Waals surface area (Å²) in [6, 6.07) is 10.3. The van der Waals surface area contributed by atoms with Crippen molar-refractivity contribution in [3.05, 3.63) is 63.5 Å². The second-order valence-electron chi connectivity index (χ2n) is 8.92. The summed E-state index contributed by atoms with van der Waals surface area (Å²) in [6.07, 6.45) is -10.5. The molecule has 3 aromatic rings. The standard InChI is InChI=1S/C25H22ClF6N3O3/c1-23(2,25(30,31)32)19(36)10-4-14-3-9-18(26)17(13-14)21-33-20(34-22(37)35-21)15-5-7-16(8-6-15)38-12-11-24(27,28)29/h3,5-9,13H,4,10-12H2,1-2H3,(H,33,34,35,37). The van der Waals surface area contributed by atoms with Gasteiger partial charge < -0.3 is 4.74 Å². The van der Waals surface area contributed by atoms with E-state index in [1.165, 1.54) is 36.4 Å². The summed E-state index contributed by atoms with van der Waals surface area (Å²) < 4.78 is 81.4. The van der Waals surface area contributed by atoms with Crippen LogP contribution in [0.5, 0.6) is 5.75 Å². The van der Waals surface area contributed by atoms with Gasteiger partial charge in [0.15, 0.2) is 5.82 Å². The highest BCUT2D eigenvalue weighted by Gasteiger charge is 2.51. The molecule has 0 aliphatic carbocycles. The third kappa shape index (κ3) is 7.33. The number of ether oxygens (including phenoxy) is 1. The Hall–Kier alpha value is -3.41. The SMILES string of the molecule is CC(C)(C(=O)CCc1ccc(Cl)c(-c2nc(-c3ccc(OCCC(F)(F)F)cc3)nc(=O)[nH]2)c1)C(F)(F)F. The number of aryl methyl sites for hydroxylation is 1. The molecule has 0 atom stereocenters. The Morgan fingerprint density at radius 3 is 2.26 bits per heavy atom. The van der Waals surface area contributed by atoms with E-state index in [-0.39, 0.29) is 40.8 Å². The van der Waals surface area contributed by atoms with E-state index in [4.69, 9.17) is 16.3 Å². The summed E-state index contributed by atoms with van der Waals surface area (Å²) in [4.78, 5) is 35.0. The van der Waals surface area contributed by atoms with Crippen molar-refractivity contribution < 1.29 is 35.9 Å². The van der Waals surface area contributed by atoms with Crippen molar-refractivity contribution >= 4 is 17.4 Å². The van der Waals surface area contributed by atoms with Crippen LogP contribution in [-0.2, 0) is 11.2 Å². The molecule has 3 rings (SSSR count). The van der Waals surface area contributed by atoms with Gasteiger partial charge in [0, 0.05) is 17.5 Å². The number of ketones is 1. The van der Waals surface area contributed by atoms with Crippen molar-refractivity contribution in [2.24, 2.45) is 5.41 Å². The Morgan fingerprint density at radius 2 is 1.66 bits per heavy atom. The first-order valence-corrected chi connectivity index (χ1v) is 11.6. The molecule has 2 aromatic carbocycles. The number of nitrogens with zero attached hydrogens (tertiary/aromatic N) is 2. The zero-order valence-electron chi connectivity index (χ0n) is 20.1. The average Bonchev–Trinajstić information content (AvgIpc) is 2.81. The summed E-state index contributed by atoms with van der Waals surface area (Å²) >= 11 is 6.28. The van der Waals surface area contributed by atoms with Crippen molar-refractivity contribution in [3.63, 3.8) is 0 Å². The lowest BCUT2D eigenvalue weighted by Gasteiger charge is -2.26. The lowest BCUT2D eigenvalue weighted by Crippen LogP contribution is -2.39. The minimum Gasteiger partial charge on any atom is -0.493 e. The molecule has 0 unspecified atom stereocenters. The third-order valence-corrected chi connectivity index (χ3v) is 6.08. The third-order valence-electron chi connectivity index (χ3n) is 5.75. The number of Topliss-reactive ketones (excluding diaryl/α,β-unsaturated/α-hetero) is 1. The van der Waals surface area contributed by atoms with Crippen LogP contribution in [0.2, 0.25) is 5.02 Å². The van der Waals surface area contributed by atoms with Gasteiger partial charge in [-0.25, -0.2) is 9.78 Å². The van der Waals surface area contributed by atoms with E-state index in [1.54, 1.807) is 6.07 Å². The van der Waals surface area contributed by atoms with E-state index in [2.05, 4.69) is 15.0 Å². The summed E-state index contributed by atoms with van der Waals surface area (Å²) in [5, 5.41) is 0.185. The molecule has 0 bridgehead atoms. The Balaban J connectivity index is 1.81. The highest BCUT2D eigenvalue weighted by molar-refractivity contribution is 6.33. The number of alkyl halides is 6. The maximum Gasteiger partial charge on any atom is 0.400 e. The van der Waals surface area contributed by atoms with Gasteiger partial charge in [-0.05, 0) is 62.2 Å². The predicted molar refractivity (Wildman–Crippen MR) is 128 cm³/mol. The zero-order valence-corrected chi connectivity index (χ0v) is 20.9. The maximum atomic E-state index is 13.1. The van der Waals surface area contributed by atoms with E-state index >= 15 is 0 Å². The molecule has 0 spiro atoms. The van der Waals surface area contributed by atoms with Crippen LogP contribution in [0.4, 0.5) is 26.3 Å². The highest BCUT2D eigenvalue weighted by atomic mass is 35.5. The van der Waals surface area contributed by atoms with Crippen LogP contribution < -0.4 is 10.4 Å². The van der Waals surface area contributed by atoms with Crippen LogP contribution in [-0.4, -0.2) is 39.7 Å². The van der Waals surface area contributed by atoms with Crippen molar-refractivity contribution in [3.8, 4) is 28.5 Å². The first-order valence-electron chi connectivity index (χ1n) is 11.2. The van der Waals surface area contributed by atoms with Crippen molar-refractivity contribution in [1.29, 1.82) is 0 Å². The van der Waals surface area contributed by atoms with E-state index in [9.17, 15) is 35.9 Å². The number of carbonyl (C=O) groups is 1. The number of nitrogens with one attached hydrogen (secondary N) is 1. The number of rotatable bonds is 9. The van der Waals surface area contributed by atoms with Gasteiger partial charge in [-0.2, -0.15) is 31.3 Å². The van der Waals surface area contributed by atoms with Crippen molar-refractivity contribution in [1.82, 2.24) is 15.0 Å². The van der Waals surface area contributed by atoms with Gasteiger partial charge in [0.25, 0.3) is 0 Å². The fraction of sp³-hybridized carbons (Fsp3) is 0.360. The number of benzene rings is 2. The Kier molecular flexibility index (Phi) is 8.55. The molecular formula is C25H22ClF6N3O3. The van der Waals surface area contributed by atoms with Gasteiger partial charge in [0.1, 0.15) is 22.8 Å². The van der Waals surface area contributed by atoms with Gasteiger partial charge in [0.2, 0.25) is 0 Å². The number of aromatic amines is 1. The molecule has 6 nitrogen and oxygen atoms in total. The fourth-order valence-corrected chi connectivity index (χ4v) is 3.47. The molecular weight excluding hydrogens is 540 g/mol. The Bertz CT molecular complexity index is 1350. The molecule has 1 N–H and O–H groups in total. The van der Waals surface area contributed by atoms with Gasteiger partial charge in [0.05, 0.1) is 18.1 Å². The summed E-state index contributed by atoms with van der Waals surface area (Å²) in [5.74, 6) is -0.763. The molecule has 0 saturated carbocycles. The molecule has 1 aromatic heterocycles. The maximum absolute atomic E-state index is 13.1. The minimum absolute atomic E-state index is 0.000482. The molecule has 38 heavy (non-hydrogen) atoms. The Morgan fingerprint density at radius 1 is 1.00 bits per heavy atom. The van der Waals surface area contributed by atoms with E-state index in [0.717, 1.165) is 13.8 Å². The second-order valence-corrected chi connectivity index (χ2v) is 9.33. The zero-order chi connectivity index (χ0) is 28.3. The first-order chi connectivity index (χ1) is 17.6. The average molecular weight is 562 g/mol. The number of aromatic nitrogens is 3. The number of carbonyl (C=O) groups excluding carboxylic acids is 1. The van der Waals surface area contributed by atoms with E-state index < -0.39 is 42.3 Å². The van der Waals surface area contributed by atoms with E-state index in [0.29, 0.717) is 11.1 Å². The molecule has 0 amide bonds. The smallest absolute Gasteiger partial charge is 0.400 e. The molecule has 0 aliphatic rings. The number of hydrogen-bond acceptors (Lipinski definition) is 5. The lowest BCUT2D eigenvalue weighted by molar-refractivity contribution is -0.210. The normalized spacial score (nSPS) is 12.4. The van der Waals surface area contributed by atoms with Crippen LogP contribution in [0.1, 0.15) is 32.3 Å². The molecule has 1 heterocycles. The van der Waals surface area contributed by atoms with Crippen LogP contribution in [0.25, 0.3) is 22.8 Å². The van der Waals surface area contributed by atoms with Gasteiger partial charge >= 0.3 is 18.0 Å². The van der Waals surface area contributed by atoms with Crippen LogP contribution in [0, 0.1) is 5.41 Å². The first kappa shape index (κ1) is 29.2. The number of hydrogen-bond donors (Lipinski definition) is 1. The number of H-pyrrole nitrogens is 1. The quantitative estimate of drug-likeness (QED) is 0.299. The molecule has 0 radical (unpaired) electrons. The molecule has 0 aliphatic heterocycles. The molecule has 0 fully saturated rings. The number of halogens is 7. The summed E-state index contributed by atoms with van der Waals surface area (Å²) in [5.41, 5.74) is -2.13. The van der Waals surface area contributed by atoms with Gasteiger partial charge in [-0.1, -0.05) is 17.7 Å². The second kappa shape index (κ2) is 11.1. The van der Waals surface area contributed by atoms with Crippen LogP contribution >= 0.6 is 11.6 Å². The largest absolute Gasteiger partial charge is 0.493 e. The predicted octanol–water partition coefficient (Wildman–Crippen LogP) is 6.57.